The lowest BCUT2D eigenvalue weighted by molar-refractivity contribution is -0.141. The molecule has 1 aliphatic rings. The predicted octanol–water partition coefficient (Wildman–Crippen LogP) is 5.68. The van der Waals surface area contributed by atoms with E-state index in [0.29, 0.717) is 44.1 Å². The average Bonchev–Trinajstić information content (AvgIpc) is 2.93. The molecule has 0 saturated heterocycles. The van der Waals surface area contributed by atoms with E-state index in [0.717, 1.165) is 42.6 Å². The van der Waals surface area contributed by atoms with Gasteiger partial charge in [0, 0.05) is 19.0 Å². The highest BCUT2D eigenvalue weighted by Gasteiger charge is 2.30. The molecule has 0 spiro atoms. The zero-order valence-corrected chi connectivity index (χ0v) is 23.5. The van der Waals surface area contributed by atoms with Crippen molar-refractivity contribution in [2.45, 2.75) is 90.8 Å². The minimum atomic E-state index is -0.532. The Morgan fingerprint density at radius 2 is 1.68 bits per heavy atom. The van der Waals surface area contributed by atoms with Crippen molar-refractivity contribution >= 4 is 11.8 Å². The number of methoxy groups -OCH3 is 1. The van der Waals surface area contributed by atoms with Gasteiger partial charge in [0.25, 0.3) is 0 Å². The molecule has 0 unspecified atom stereocenters. The van der Waals surface area contributed by atoms with Crippen LogP contribution in [-0.4, -0.2) is 49.1 Å². The second-order valence-electron chi connectivity index (χ2n) is 9.79. The van der Waals surface area contributed by atoms with Gasteiger partial charge in [-0.05, 0) is 74.9 Å². The number of carbonyl (C=O) groups is 2. The van der Waals surface area contributed by atoms with Crippen molar-refractivity contribution in [2.75, 3.05) is 20.3 Å². The molecule has 3 rings (SSSR count). The maximum absolute atomic E-state index is 13.7. The van der Waals surface area contributed by atoms with Crippen molar-refractivity contribution < 1.29 is 23.8 Å². The lowest BCUT2D eigenvalue weighted by Gasteiger charge is -2.33. The molecule has 0 heterocycles. The molecule has 0 aliphatic heterocycles. The first kappa shape index (κ1) is 29.3. The van der Waals surface area contributed by atoms with Gasteiger partial charge in [-0.15, -0.1) is 0 Å². The Labute approximate surface area is 227 Å². The fraction of sp³-hybridized carbons (Fsp3) is 0.548. The summed E-state index contributed by atoms with van der Waals surface area (Å²) in [5, 5.41) is 3.24. The third-order valence-corrected chi connectivity index (χ3v) is 7.06. The van der Waals surface area contributed by atoms with Gasteiger partial charge >= 0.3 is 0 Å². The van der Waals surface area contributed by atoms with Crippen LogP contribution in [0.3, 0.4) is 0 Å². The second kappa shape index (κ2) is 15.3. The van der Waals surface area contributed by atoms with Crippen LogP contribution in [0.15, 0.2) is 42.5 Å². The van der Waals surface area contributed by atoms with Gasteiger partial charge in [0.15, 0.2) is 11.5 Å². The van der Waals surface area contributed by atoms with Crippen LogP contribution in [0, 0.1) is 0 Å². The molecule has 208 valence electrons. The molecule has 7 nitrogen and oxygen atoms in total. The summed E-state index contributed by atoms with van der Waals surface area (Å²) < 4.78 is 16.8. The summed E-state index contributed by atoms with van der Waals surface area (Å²) in [6.07, 6.45) is 6.89. The van der Waals surface area contributed by atoms with E-state index >= 15 is 0 Å². The molecule has 1 N–H and O–H groups in total. The van der Waals surface area contributed by atoms with Gasteiger partial charge in [-0.3, -0.25) is 9.59 Å². The maximum atomic E-state index is 13.7. The molecule has 0 bridgehead atoms. The first-order chi connectivity index (χ1) is 18.5. The fourth-order valence-corrected chi connectivity index (χ4v) is 5.08. The van der Waals surface area contributed by atoms with Crippen molar-refractivity contribution in [3.63, 3.8) is 0 Å². The Bertz CT molecular complexity index is 1030. The number of carbonyl (C=O) groups excluding carboxylic acids is 2. The van der Waals surface area contributed by atoms with E-state index in [9.17, 15) is 9.59 Å². The molecule has 2 aromatic carbocycles. The van der Waals surface area contributed by atoms with Crippen LogP contribution in [0.1, 0.15) is 76.8 Å². The highest BCUT2D eigenvalue weighted by atomic mass is 16.5. The largest absolute Gasteiger partial charge is 0.497 e. The molecular formula is C31H44N2O5. The van der Waals surface area contributed by atoms with E-state index in [1.165, 1.54) is 6.42 Å². The number of amides is 2. The molecule has 1 saturated carbocycles. The van der Waals surface area contributed by atoms with Gasteiger partial charge in [-0.2, -0.15) is 0 Å². The summed E-state index contributed by atoms with van der Waals surface area (Å²) in [6, 6.07) is 13.2. The smallest absolute Gasteiger partial charge is 0.243 e. The van der Waals surface area contributed by atoms with Crippen LogP contribution in [0.4, 0.5) is 0 Å². The van der Waals surface area contributed by atoms with E-state index in [-0.39, 0.29) is 24.3 Å². The molecule has 2 amide bonds. The molecular weight excluding hydrogens is 480 g/mol. The van der Waals surface area contributed by atoms with E-state index in [4.69, 9.17) is 14.2 Å². The van der Waals surface area contributed by atoms with E-state index in [1.807, 2.05) is 63.2 Å². The van der Waals surface area contributed by atoms with Gasteiger partial charge in [0.2, 0.25) is 11.8 Å². The normalized spacial score (nSPS) is 14.4. The summed E-state index contributed by atoms with van der Waals surface area (Å²) in [6.45, 7) is 7.28. The van der Waals surface area contributed by atoms with Gasteiger partial charge in [-0.1, -0.05) is 44.4 Å². The van der Waals surface area contributed by atoms with E-state index in [1.54, 1.807) is 12.0 Å². The number of aryl methyl sites for hydroxylation is 1. The molecule has 0 radical (unpaired) electrons. The average molecular weight is 525 g/mol. The molecule has 7 heteroatoms. The van der Waals surface area contributed by atoms with E-state index in [2.05, 4.69) is 5.32 Å². The first-order valence-corrected chi connectivity index (χ1v) is 14.1. The SMILES string of the molecule is CCOc1ccc(CCC(=O)N(Cc2cccc(OC)c2)[C@@H](CC)C(=O)NC2CCCCC2)cc1OCC. The minimum Gasteiger partial charge on any atom is -0.497 e. The molecule has 1 fully saturated rings. The summed E-state index contributed by atoms with van der Waals surface area (Å²) in [5.41, 5.74) is 1.92. The highest BCUT2D eigenvalue weighted by Crippen LogP contribution is 2.29. The lowest BCUT2D eigenvalue weighted by atomic mass is 9.95. The van der Waals surface area contributed by atoms with Crippen LogP contribution >= 0.6 is 0 Å². The zero-order valence-electron chi connectivity index (χ0n) is 23.5. The van der Waals surface area contributed by atoms with Crippen molar-refractivity contribution in [1.29, 1.82) is 0 Å². The number of ether oxygens (including phenoxy) is 3. The Morgan fingerprint density at radius 3 is 2.37 bits per heavy atom. The van der Waals surface area contributed by atoms with Crippen molar-refractivity contribution in [1.82, 2.24) is 10.2 Å². The molecule has 1 atom stereocenters. The Kier molecular flexibility index (Phi) is 11.8. The molecule has 38 heavy (non-hydrogen) atoms. The summed E-state index contributed by atoms with van der Waals surface area (Å²) in [7, 11) is 1.63. The van der Waals surface area contributed by atoms with E-state index < -0.39 is 6.04 Å². The summed E-state index contributed by atoms with van der Waals surface area (Å²) in [4.78, 5) is 28.9. The number of benzene rings is 2. The Hall–Kier alpha value is -3.22. The molecule has 1 aliphatic carbocycles. The van der Waals surface area contributed by atoms with Gasteiger partial charge in [0.1, 0.15) is 11.8 Å². The van der Waals surface area contributed by atoms with Crippen LogP contribution in [-0.2, 0) is 22.6 Å². The standard InChI is InChI=1S/C31H44N2O5/c1-5-27(31(35)32-25-13-9-8-10-14-25)33(22-24-12-11-15-26(20-24)36-4)30(34)19-17-23-16-18-28(37-6-2)29(21-23)38-7-3/h11-12,15-16,18,20-21,25,27H,5-10,13-14,17,19,22H2,1-4H3,(H,32,35)/t27-/m0/s1. The van der Waals surface area contributed by atoms with Crippen molar-refractivity contribution in [3.05, 3.63) is 53.6 Å². The second-order valence-corrected chi connectivity index (χ2v) is 9.79. The van der Waals surface area contributed by atoms with Crippen LogP contribution in [0.2, 0.25) is 0 Å². The quantitative estimate of drug-likeness (QED) is 0.344. The van der Waals surface area contributed by atoms with Crippen LogP contribution < -0.4 is 19.5 Å². The first-order valence-electron chi connectivity index (χ1n) is 14.1. The summed E-state index contributed by atoms with van der Waals surface area (Å²) >= 11 is 0. The van der Waals surface area contributed by atoms with Crippen molar-refractivity contribution in [2.24, 2.45) is 0 Å². The number of nitrogens with one attached hydrogen (secondary N) is 1. The molecule has 0 aromatic heterocycles. The van der Waals surface area contributed by atoms with Gasteiger partial charge < -0.3 is 24.4 Å². The monoisotopic (exact) mass is 524 g/mol. The van der Waals surface area contributed by atoms with Crippen molar-refractivity contribution in [3.8, 4) is 17.2 Å². The predicted molar refractivity (Wildman–Crippen MR) is 150 cm³/mol. The topological polar surface area (TPSA) is 77.1 Å². The van der Waals surface area contributed by atoms with Gasteiger partial charge in [-0.25, -0.2) is 0 Å². The highest BCUT2D eigenvalue weighted by molar-refractivity contribution is 5.88. The number of nitrogens with zero attached hydrogens (tertiary/aromatic N) is 1. The Morgan fingerprint density at radius 1 is 0.947 bits per heavy atom. The molecule has 2 aromatic rings. The summed E-state index contributed by atoms with van der Waals surface area (Å²) in [5.74, 6) is 2.01. The number of hydrogen-bond acceptors (Lipinski definition) is 5. The Balaban J connectivity index is 1.78. The van der Waals surface area contributed by atoms with Gasteiger partial charge in [0.05, 0.1) is 20.3 Å². The lowest BCUT2D eigenvalue weighted by Crippen LogP contribution is -2.51. The fourth-order valence-electron chi connectivity index (χ4n) is 5.08. The minimum absolute atomic E-state index is 0.0506. The maximum Gasteiger partial charge on any atom is 0.243 e. The zero-order chi connectivity index (χ0) is 27.3. The van der Waals surface area contributed by atoms with Crippen LogP contribution in [0.25, 0.3) is 0 Å². The number of rotatable bonds is 14. The number of hydrogen-bond donors (Lipinski definition) is 1. The third kappa shape index (κ3) is 8.40. The third-order valence-electron chi connectivity index (χ3n) is 7.06. The van der Waals surface area contributed by atoms with Crippen LogP contribution in [0.5, 0.6) is 17.2 Å².